The molecule has 1 fully saturated rings. The van der Waals surface area contributed by atoms with Gasteiger partial charge < -0.3 is 4.74 Å². The van der Waals surface area contributed by atoms with Gasteiger partial charge >= 0.3 is 0 Å². The first-order valence-corrected chi connectivity index (χ1v) is 4.75. The smallest absolute Gasteiger partial charge is 0.137 e. The van der Waals surface area contributed by atoms with Crippen LogP contribution in [0.5, 0.6) is 5.75 Å². The van der Waals surface area contributed by atoms with Crippen LogP contribution in [0.4, 0.5) is 0 Å². The van der Waals surface area contributed by atoms with Gasteiger partial charge in [-0.05, 0) is 19.2 Å². The third-order valence-corrected chi connectivity index (χ3v) is 2.52. The highest BCUT2D eigenvalue weighted by Crippen LogP contribution is 2.19. The molecule has 0 amide bonds. The van der Waals surface area contributed by atoms with Crippen molar-refractivity contribution in [3.63, 3.8) is 0 Å². The highest BCUT2D eigenvalue weighted by atomic mass is 16.5. The van der Waals surface area contributed by atoms with Gasteiger partial charge in [-0.25, -0.2) is 0 Å². The summed E-state index contributed by atoms with van der Waals surface area (Å²) in [4.78, 5) is 6.60. The summed E-state index contributed by atoms with van der Waals surface area (Å²) < 4.78 is 5.06. The summed E-state index contributed by atoms with van der Waals surface area (Å²) in [5.41, 5.74) is 1.05. The van der Waals surface area contributed by atoms with Crippen LogP contribution in [-0.4, -0.2) is 37.1 Å². The van der Waals surface area contributed by atoms with E-state index in [0.717, 1.165) is 24.5 Å². The van der Waals surface area contributed by atoms with Crippen LogP contribution in [0.2, 0.25) is 0 Å². The van der Waals surface area contributed by atoms with Crippen LogP contribution in [0.15, 0.2) is 18.3 Å². The summed E-state index contributed by atoms with van der Waals surface area (Å²) in [5.74, 6) is 0.800. The zero-order valence-electron chi connectivity index (χ0n) is 8.53. The summed E-state index contributed by atoms with van der Waals surface area (Å²) in [6.07, 6.45) is 2.00. The first-order chi connectivity index (χ1) is 6.81. The summed E-state index contributed by atoms with van der Waals surface area (Å²) in [6.45, 7) is 2.09. The predicted molar refractivity (Wildman–Crippen MR) is 54.2 cm³/mol. The van der Waals surface area contributed by atoms with Crippen molar-refractivity contribution < 1.29 is 4.74 Å². The van der Waals surface area contributed by atoms with Crippen LogP contribution >= 0.6 is 0 Å². The van der Waals surface area contributed by atoms with Crippen molar-refractivity contribution in [3.8, 4) is 5.75 Å². The minimum absolute atomic E-state index is 0.251. The van der Waals surface area contributed by atoms with Gasteiger partial charge in [-0.2, -0.15) is 0 Å². The van der Waals surface area contributed by atoms with Crippen LogP contribution in [0.3, 0.4) is 0 Å². The topological polar surface area (TPSA) is 37.4 Å². The summed E-state index contributed by atoms with van der Waals surface area (Å²) in [6, 6.07) is 3.94. The van der Waals surface area contributed by atoms with Crippen molar-refractivity contribution in [1.82, 2.24) is 15.2 Å². The Bertz CT molecular complexity index is 299. The lowest BCUT2D eigenvalue weighted by Crippen LogP contribution is -2.24. The normalized spacial score (nSPS) is 22.6. The Morgan fingerprint density at radius 1 is 1.57 bits per heavy atom. The standard InChI is InChI=1S/C10H15N3O/c1-13-6-5-11-10(13)9-4-3-8(14-2)7-12-9/h3-4,7,10-11H,5-6H2,1-2H3. The molecule has 2 rings (SSSR count). The minimum Gasteiger partial charge on any atom is -0.495 e. The first-order valence-electron chi connectivity index (χ1n) is 4.75. The molecule has 0 radical (unpaired) electrons. The fourth-order valence-electron chi connectivity index (χ4n) is 1.67. The molecule has 1 saturated heterocycles. The Morgan fingerprint density at radius 3 is 2.93 bits per heavy atom. The van der Waals surface area contributed by atoms with Crippen LogP contribution in [0.25, 0.3) is 0 Å². The van der Waals surface area contributed by atoms with Gasteiger partial charge in [-0.15, -0.1) is 0 Å². The van der Waals surface area contributed by atoms with Crippen molar-refractivity contribution in [2.45, 2.75) is 6.17 Å². The molecule has 1 aromatic rings. The lowest BCUT2D eigenvalue weighted by Gasteiger charge is -2.18. The summed E-state index contributed by atoms with van der Waals surface area (Å²) in [5, 5.41) is 3.38. The Labute approximate surface area is 83.9 Å². The number of nitrogens with one attached hydrogen (secondary N) is 1. The number of hydrogen-bond donors (Lipinski definition) is 1. The molecule has 2 heterocycles. The third kappa shape index (κ3) is 1.71. The molecule has 1 aliphatic heterocycles. The fraction of sp³-hybridized carbons (Fsp3) is 0.500. The molecule has 1 aliphatic rings. The van der Waals surface area contributed by atoms with Crippen molar-refractivity contribution in [3.05, 3.63) is 24.0 Å². The highest BCUT2D eigenvalue weighted by molar-refractivity contribution is 5.21. The molecule has 1 unspecified atom stereocenters. The van der Waals surface area contributed by atoms with Gasteiger partial charge in [0.15, 0.2) is 0 Å². The first kappa shape index (κ1) is 9.43. The molecule has 4 heteroatoms. The SMILES string of the molecule is COc1ccc(C2NCCN2C)nc1. The molecule has 0 spiro atoms. The Hall–Kier alpha value is -1.13. The van der Waals surface area contributed by atoms with Crippen LogP contribution in [0, 0.1) is 0 Å². The molecule has 4 nitrogen and oxygen atoms in total. The zero-order chi connectivity index (χ0) is 9.97. The molecular weight excluding hydrogens is 178 g/mol. The third-order valence-electron chi connectivity index (χ3n) is 2.52. The molecular formula is C10H15N3O. The Balaban J connectivity index is 2.16. The van der Waals surface area contributed by atoms with E-state index in [4.69, 9.17) is 4.74 Å². The largest absolute Gasteiger partial charge is 0.495 e. The van der Waals surface area contributed by atoms with Crippen LogP contribution in [0.1, 0.15) is 11.9 Å². The number of pyridine rings is 1. The monoisotopic (exact) mass is 193 g/mol. The number of nitrogens with zero attached hydrogens (tertiary/aromatic N) is 2. The second kappa shape index (κ2) is 3.94. The van der Waals surface area contributed by atoms with Gasteiger partial charge in [0.25, 0.3) is 0 Å². The maximum atomic E-state index is 5.06. The van der Waals surface area contributed by atoms with E-state index in [1.54, 1.807) is 13.3 Å². The average Bonchev–Trinajstić information content (AvgIpc) is 2.65. The van der Waals surface area contributed by atoms with E-state index >= 15 is 0 Å². The van der Waals surface area contributed by atoms with Crippen molar-refractivity contribution >= 4 is 0 Å². The number of rotatable bonds is 2. The molecule has 1 N–H and O–H groups in total. The van der Waals surface area contributed by atoms with E-state index < -0.39 is 0 Å². The van der Waals surface area contributed by atoms with E-state index in [2.05, 4.69) is 22.2 Å². The molecule has 1 atom stereocenters. The Morgan fingerprint density at radius 2 is 2.43 bits per heavy atom. The number of likely N-dealkylation sites (N-methyl/N-ethyl adjacent to an activating group) is 1. The van der Waals surface area contributed by atoms with Gasteiger partial charge in [0, 0.05) is 13.1 Å². The quantitative estimate of drug-likeness (QED) is 0.747. The number of aromatic nitrogens is 1. The molecule has 1 aromatic heterocycles. The summed E-state index contributed by atoms with van der Waals surface area (Å²) >= 11 is 0. The van der Waals surface area contributed by atoms with Crippen LogP contribution < -0.4 is 10.1 Å². The van der Waals surface area contributed by atoms with E-state index in [1.807, 2.05) is 12.1 Å². The van der Waals surface area contributed by atoms with Gasteiger partial charge in [0.1, 0.15) is 11.9 Å². The van der Waals surface area contributed by atoms with Crippen molar-refractivity contribution in [1.29, 1.82) is 0 Å². The molecule has 76 valence electrons. The average molecular weight is 193 g/mol. The molecule has 0 bridgehead atoms. The summed E-state index contributed by atoms with van der Waals surface area (Å²) in [7, 11) is 3.74. The maximum absolute atomic E-state index is 5.06. The zero-order valence-corrected chi connectivity index (χ0v) is 8.53. The van der Waals surface area contributed by atoms with Gasteiger partial charge in [-0.1, -0.05) is 0 Å². The molecule has 0 aromatic carbocycles. The van der Waals surface area contributed by atoms with Crippen LogP contribution in [-0.2, 0) is 0 Å². The molecule has 14 heavy (non-hydrogen) atoms. The molecule has 0 saturated carbocycles. The Kier molecular flexibility index (Phi) is 2.65. The lowest BCUT2D eigenvalue weighted by molar-refractivity contribution is 0.294. The lowest BCUT2D eigenvalue weighted by atomic mass is 10.3. The number of ether oxygens (including phenoxy) is 1. The van der Waals surface area contributed by atoms with Crippen molar-refractivity contribution in [2.24, 2.45) is 0 Å². The van der Waals surface area contributed by atoms with E-state index in [-0.39, 0.29) is 6.17 Å². The van der Waals surface area contributed by atoms with Gasteiger partial charge in [0.05, 0.1) is 19.0 Å². The van der Waals surface area contributed by atoms with Crippen molar-refractivity contribution in [2.75, 3.05) is 27.2 Å². The van der Waals surface area contributed by atoms with E-state index in [9.17, 15) is 0 Å². The molecule has 0 aliphatic carbocycles. The van der Waals surface area contributed by atoms with E-state index in [1.165, 1.54) is 0 Å². The second-order valence-electron chi connectivity index (χ2n) is 3.46. The maximum Gasteiger partial charge on any atom is 0.137 e. The number of methoxy groups -OCH3 is 1. The van der Waals surface area contributed by atoms with E-state index in [0.29, 0.717) is 0 Å². The fourth-order valence-corrected chi connectivity index (χ4v) is 1.67. The number of hydrogen-bond acceptors (Lipinski definition) is 4. The minimum atomic E-state index is 0.251. The highest BCUT2D eigenvalue weighted by Gasteiger charge is 2.22. The predicted octanol–water partition coefficient (Wildman–Crippen LogP) is 0.624. The van der Waals surface area contributed by atoms with Gasteiger partial charge in [-0.3, -0.25) is 15.2 Å². The second-order valence-corrected chi connectivity index (χ2v) is 3.46. The van der Waals surface area contributed by atoms with Gasteiger partial charge in [0.2, 0.25) is 0 Å².